The number of carbonyl (C=O) groups excluding carboxylic acids is 3. The molecule has 0 amide bonds. The van der Waals surface area contributed by atoms with Gasteiger partial charge in [-0.3, -0.25) is 14.4 Å². The maximum atomic E-state index is 11.7. The van der Waals surface area contributed by atoms with Crippen LogP contribution in [-0.2, 0) is 23.9 Å². The molecule has 2 heterocycles. The van der Waals surface area contributed by atoms with Crippen LogP contribution in [0.3, 0.4) is 0 Å². The minimum atomic E-state index is -0.423. The number of esters is 3. The topological polar surface area (TPSA) is 69.7 Å². The molecule has 5 rings (SSSR count). The van der Waals surface area contributed by atoms with E-state index in [1.165, 1.54) is 0 Å². The van der Waals surface area contributed by atoms with Crippen molar-refractivity contribution in [1.29, 1.82) is 0 Å². The average Bonchev–Trinajstić information content (AvgIpc) is 2.85. The number of cyclic esters (lactones) is 3. The average molecular weight is 236 g/mol. The smallest absolute Gasteiger partial charge is 0.317 e. The summed E-state index contributed by atoms with van der Waals surface area (Å²) in [7, 11) is 0. The summed E-state index contributed by atoms with van der Waals surface area (Å²) < 4.78 is 9.87. The van der Waals surface area contributed by atoms with E-state index in [4.69, 9.17) is 9.47 Å². The summed E-state index contributed by atoms with van der Waals surface area (Å²) in [6.07, 6.45) is 1.75. The van der Waals surface area contributed by atoms with Crippen molar-refractivity contribution in [1.82, 2.24) is 0 Å². The van der Waals surface area contributed by atoms with Gasteiger partial charge < -0.3 is 9.47 Å². The molecule has 0 aromatic carbocycles. The van der Waals surface area contributed by atoms with Gasteiger partial charge in [0.15, 0.2) is 0 Å². The van der Waals surface area contributed by atoms with Crippen molar-refractivity contribution in [3.05, 3.63) is 0 Å². The lowest BCUT2D eigenvalue weighted by atomic mass is 9.51. The van der Waals surface area contributed by atoms with Crippen LogP contribution in [0, 0.1) is 35.5 Å². The molecular formula is C12H12O5. The molecule has 5 fully saturated rings. The predicted octanol–water partition coefficient (Wildman–Crippen LogP) is 0.131. The molecule has 3 saturated carbocycles. The van der Waals surface area contributed by atoms with E-state index in [1.807, 2.05) is 0 Å². The SMILES string of the molecule is O=C1OCC2C3CCC(C12)C1C(=O)OC(=O)C31. The Morgan fingerprint density at radius 1 is 0.765 bits per heavy atom. The third-order valence-corrected chi connectivity index (χ3v) is 5.05. The van der Waals surface area contributed by atoms with E-state index in [1.54, 1.807) is 0 Å². The Kier molecular flexibility index (Phi) is 1.63. The monoisotopic (exact) mass is 236 g/mol. The van der Waals surface area contributed by atoms with Crippen molar-refractivity contribution in [2.75, 3.05) is 6.61 Å². The van der Waals surface area contributed by atoms with Gasteiger partial charge in [-0.25, -0.2) is 0 Å². The van der Waals surface area contributed by atoms with Crippen molar-refractivity contribution >= 4 is 17.9 Å². The van der Waals surface area contributed by atoms with E-state index in [0.717, 1.165) is 12.8 Å². The first-order valence-electron chi connectivity index (χ1n) is 6.10. The quantitative estimate of drug-likeness (QED) is 0.441. The van der Waals surface area contributed by atoms with E-state index in [-0.39, 0.29) is 47.4 Å². The molecule has 5 nitrogen and oxygen atoms in total. The fourth-order valence-corrected chi connectivity index (χ4v) is 4.47. The zero-order chi connectivity index (χ0) is 11.7. The van der Waals surface area contributed by atoms with Crippen molar-refractivity contribution < 1.29 is 23.9 Å². The van der Waals surface area contributed by atoms with E-state index >= 15 is 0 Å². The standard InChI is InChI=1S/C12H12O5/c13-10-7-5-2-1-4(6(7)3-16-10)8-9(5)12(15)17-11(8)14/h4-9H,1-3H2. The van der Waals surface area contributed by atoms with Gasteiger partial charge in [-0.1, -0.05) is 0 Å². The number of fused-ring (bicyclic) bond motifs is 1. The summed E-state index contributed by atoms with van der Waals surface area (Å²) in [5.41, 5.74) is 0. The Bertz CT molecular complexity index is 442. The molecule has 5 heteroatoms. The summed E-state index contributed by atoms with van der Waals surface area (Å²) in [5.74, 6) is -1.67. The minimum Gasteiger partial charge on any atom is -0.465 e. The van der Waals surface area contributed by atoms with Gasteiger partial charge in [-0.15, -0.1) is 0 Å². The van der Waals surface area contributed by atoms with Crippen LogP contribution in [0.25, 0.3) is 0 Å². The molecule has 5 aliphatic rings. The Hall–Kier alpha value is -1.39. The van der Waals surface area contributed by atoms with Gasteiger partial charge >= 0.3 is 17.9 Å². The number of hydrogen-bond donors (Lipinski definition) is 0. The van der Waals surface area contributed by atoms with Crippen molar-refractivity contribution in [3.63, 3.8) is 0 Å². The van der Waals surface area contributed by atoms with Crippen LogP contribution in [0.15, 0.2) is 0 Å². The molecule has 0 aromatic heterocycles. The second kappa shape index (κ2) is 2.89. The molecule has 6 unspecified atom stereocenters. The van der Waals surface area contributed by atoms with Gasteiger partial charge in [0.05, 0.1) is 24.4 Å². The summed E-state index contributed by atoms with van der Waals surface area (Å²) in [6.45, 7) is 0.412. The van der Waals surface area contributed by atoms with E-state index < -0.39 is 5.97 Å². The Labute approximate surface area is 97.4 Å². The van der Waals surface area contributed by atoms with E-state index in [2.05, 4.69) is 0 Å². The van der Waals surface area contributed by atoms with Gasteiger partial charge in [0.25, 0.3) is 0 Å². The normalized spacial score (nSPS) is 50.9. The van der Waals surface area contributed by atoms with Crippen LogP contribution in [0.4, 0.5) is 0 Å². The van der Waals surface area contributed by atoms with Crippen molar-refractivity contribution in [2.24, 2.45) is 35.5 Å². The maximum absolute atomic E-state index is 11.7. The minimum absolute atomic E-state index is 0.0380. The van der Waals surface area contributed by atoms with Crippen LogP contribution in [0.1, 0.15) is 12.8 Å². The molecule has 2 saturated heterocycles. The highest BCUT2D eigenvalue weighted by molar-refractivity contribution is 5.98. The molecule has 0 radical (unpaired) electrons. The molecular weight excluding hydrogens is 224 g/mol. The first-order chi connectivity index (χ1) is 8.18. The van der Waals surface area contributed by atoms with Crippen LogP contribution in [-0.4, -0.2) is 24.5 Å². The summed E-state index contributed by atoms with van der Waals surface area (Å²) >= 11 is 0. The first-order valence-corrected chi connectivity index (χ1v) is 6.10. The summed E-state index contributed by atoms with van der Waals surface area (Å²) in [6, 6.07) is 0. The van der Waals surface area contributed by atoms with E-state index in [9.17, 15) is 14.4 Å². The number of hydrogen-bond acceptors (Lipinski definition) is 5. The molecule has 2 bridgehead atoms. The van der Waals surface area contributed by atoms with Crippen LogP contribution in [0.5, 0.6) is 0 Å². The van der Waals surface area contributed by atoms with Gasteiger partial charge in [-0.05, 0) is 24.7 Å². The lowest BCUT2D eigenvalue weighted by Gasteiger charge is -2.47. The van der Waals surface area contributed by atoms with Crippen LogP contribution < -0.4 is 0 Å². The zero-order valence-corrected chi connectivity index (χ0v) is 9.13. The molecule has 2 aliphatic heterocycles. The molecule has 17 heavy (non-hydrogen) atoms. The fraction of sp³-hybridized carbons (Fsp3) is 0.750. The molecule has 6 atom stereocenters. The largest absolute Gasteiger partial charge is 0.465 e. The van der Waals surface area contributed by atoms with Crippen molar-refractivity contribution in [3.8, 4) is 0 Å². The molecule has 0 spiro atoms. The molecule has 3 aliphatic carbocycles. The fourth-order valence-electron chi connectivity index (χ4n) is 4.47. The predicted molar refractivity (Wildman–Crippen MR) is 52.2 cm³/mol. The molecule has 0 N–H and O–H groups in total. The van der Waals surface area contributed by atoms with Gasteiger partial charge in [-0.2, -0.15) is 0 Å². The lowest BCUT2D eigenvalue weighted by molar-refractivity contribution is -0.154. The lowest BCUT2D eigenvalue weighted by Crippen LogP contribution is -2.52. The zero-order valence-electron chi connectivity index (χ0n) is 9.13. The second-order valence-electron chi connectivity index (χ2n) is 5.52. The highest BCUT2D eigenvalue weighted by Gasteiger charge is 2.66. The number of rotatable bonds is 0. The summed E-state index contributed by atoms with van der Waals surface area (Å²) in [5, 5.41) is 0. The van der Waals surface area contributed by atoms with Gasteiger partial charge in [0.1, 0.15) is 0 Å². The van der Waals surface area contributed by atoms with Crippen LogP contribution in [0.2, 0.25) is 0 Å². The summed E-state index contributed by atoms with van der Waals surface area (Å²) in [4.78, 5) is 35.1. The third kappa shape index (κ3) is 0.983. The first kappa shape index (κ1) is 9.62. The van der Waals surface area contributed by atoms with Crippen molar-refractivity contribution in [2.45, 2.75) is 12.8 Å². The highest BCUT2D eigenvalue weighted by atomic mass is 16.6. The Balaban J connectivity index is 1.81. The van der Waals surface area contributed by atoms with Crippen LogP contribution >= 0.6 is 0 Å². The molecule has 0 aromatic rings. The number of ether oxygens (including phenoxy) is 2. The Morgan fingerprint density at radius 3 is 2.18 bits per heavy atom. The maximum Gasteiger partial charge on any atom is 0.317 e. The molecule has 90 valence electrons. The Morgan fingerprint density at radius 2 is 1.41 bits per heavy atom. The van der Waals surface area contributed by atoms with E-state index in [0.29, 0.717) is 6.61 Å². The van der Waals surface area contributed by atoms with Gasteiger partial charge in [0, 0.05) is 5.92 Å². The highest BCUT2D eigenvalue weighted by Crippen LogP contribution is 2.59. The second-order valence-corrected chi connectivity index (χ2v) is 5.52. The number of carbonyl (C=O) groups is 3. The van der Waals surface area contributed by atoms with Gasteiger partial charge in [0.2, 0.25) is 0 Å². The third-order valence-electron chi connectivity index (χ3n) is 5.05.